The molecule has 0 bridgehead atoms. The summed E-state index contributed by atoms with van der Waals surface area (Å²) in [7, 11) is 1.11. The molecule has 0 spiro atoms. The first-order valence-electron chi connectivity index (χ1n) is 4.77. The van der Waals surface area contributed by atoms with Crippen molar-refractivity contribution >= 4 is 5.97 Å². The summed E-state index contributed by atoms with van der Waals surface area (Å²) in [6, 6.07) is 8.97. The zero-order valence-corrected chi connectivity index (χ0v) is 9.05. The van der Waals surface area contributed by atoms with Crippen molar-refractivity contribution in [3.63, 3.8) is 0 Å². The van der Waals surface area contributed by atoms with Crippen LogP contribution in [0.2, 0.25) is 0 Å². The number of benzene rings is 1. The second kappa shape index (κ2) is 5.62. The van der Waals surface area contributed by atoms with E-state index < -0.39 is 23.6 Å². The predicted octanol–water partition coefficient (Wildman–Crippen LogP) is 1.75. The molecule has 0 amide bonds. The minimum Gasteiger partial charge on any atom is -0.468 e. The third-order valence-corrected chi connectivity index (χ3v) is 2.31. The first kappa shape index (κ1) is 12.7. The van der Waals surface area contributed by atoms with Crippen molar-refractivity contribution in [3.05, 3.63) is 35.6 Å². The number of hydrogen-bond donors (Lipinski definition) is 0. The topological polar surface area (TPSA) is 73.9 Å². The van der Waals surface area contributed by atoms with Crippen molar-refractivity contribution in [3.8, 4) is 12.1 Å². The summed E-state index contributed by atoms with van der Waals surface area (Å²) in [5, 5.41) is 17.8. The van der Waals surface area contributed by atoms with Crippen LogP contribution in [0.25, 0.3) is 0 Å². The smallest absolute Gasteiger partial charge is 0.324 e. The molecule has 2 atom stereocenters. The monoisotopic (exact) mass is 232 g/mol. The summed E-state index contributed by atoms with van der Waals surface area (Å²) >= 11 is 0. The number of rotatable bonds is 3. The Balaban J connectivity index is 3.17. The maximum atomic E-state index is 13.5. The Morgan fingerprint density at radius 1 is 1.35 bits per heavy atom. The number of nitrogens with zero attached hydrogens (tertiary/aromatic N) is 2. The van der Waals surface area contributed by atoms with Crippen LogP contribution in [0, 0.1) is 34.4 Å². The van der Waals surface area contributed by atoms with Gasteiger partial charge in [-0.05, 0) is 6.07 Å². The van der Waals surface area contributed by atoms with Gasteiger partial charge in [0.1, 0.15) is 11.7 Å². The molecule has 4 nitrogen and oxygen atoms in total. The zero-order chi connectivity index (χ0) is 12.8. The molecular formula is C12H9FN2O2. The quantitative estimate of drug-likeness (QED) is 0.744. The van der Waals surface area contributed by atoms with Crippen LogP contribution in [-0.4, -0.2) is 13.1 Å². The Morgan fingerprint density at radius 3 is 2.47 bits per heavy atom. The lowest BCUT2D eigenvalue weighted by atomic mass is 9.88. The minimum atomic E-state index is -1.33. The molecule has 0 unspecified atom stereocenters. The summed E-state index contributed by atoms with van der Waals surface area (Å²) in [6.45, 7) is 0. The second-order valence-corrected chi connectivity index (χ2v) is 3.26. The molecule has 0 radical (unpaired) electrons. The standard InChI is InChI=1S/C12H9FN2O2/c1-17-12(16)10(7-15)9(6-14)8-4-2-3-5-11(8)13/h2-5,9-10H,1H3/t9-,10+/m0/s1. The van der Waals surface area contributed by atoms with E-state index in [-0.39, 0.29) is 5.56 Å². The molecule has 0 fully saturated rings. The van der Waals surface area contributed by atoms with E-state index >= 15 is 0 Å². The SMILES string of the molecule is COC(=O)[C@H](C#N)[C@@H](C#N)c1ccccc1F. The Morgan fingerprint density at radius 2 is 2.00 bits per heavy atom. The van der Waals surface area contributed by atoms with Crippen molar-refractivity contribution in [1.29, 1.82) is 10.5 Å². The van der Waals surface area contributed by atoms with Crippen LogP contribution in [0.3, 0.4) is 0 Å². The molecule has 1 aromatic rings. The lowest BCUT2D eigenvalue weighted by molar-refractivity contribution is -0.143. The van der Waals surface area contributed by atoms with Crippen LogP contribution in [0.4, 0.5) is 4.39 Å². The number of carbonyl (C=O) groups excluding carboxylic acids is 1. The van der Waals surface area contributed by atoms with Gasteiger partial charge in [0.05, 0.1) is 19.2 Å². The lowest BCUT2D eigenvalue weighted by Gasteiger charge is -2.14. The van der Waals surface area contributed by atoms with Crippen molar-refractivity contribution in [2.45, 2.75) is 5.92 Å². The Bertz CT molecular complexity index is 502. The summed E-state index contributed by atoms with van der Waals surface area (Å²) in [5.74, 6) is -3.97. The van der Waals surface area contributed by atoms with Crippen LogP contribution in [0.5, 0.6) is 0 Å². The van der Waals surface area contributed by atoms with Crippen LogP contribution in [-0.2, 0) is 9.53 Å². The highest BCUT2D eigenvalue weighted by atomic mass is 19.1. The summed E-state index contributed by atoms with van der Waals surface area (Å²) in [6.07, 6.45) is 0. The Kier molecular flexibility index (Phi) is 4.19. The van der Waals surface area contributed by atoms with E-state index in [4.69, 9.17) is 10.5 Å². The summed E-state index contributed by atoms with van der Waals surface area (Å²) < 4.78 is 17.9. The van der Waals surface area contributed by atoms with Gasteiger partial charge in [0, 0.05) is 5.56 Å². The largest absolute Gasteiger partial charge is 0.468 e. The van der Waals surface area contributed by atoms with Gasteiger partial charge in [0.15, 0.2) is 5.92 Å². The molecule has 5 heteroatoms. The minimum absolute atomic E-state index is 0.0203. The van der Waals surface area contributed by atoms with Crippen LogP contribution < -0.4 is 0 Å². The van der Waals surface area contributed by atoms with Crippen LogP contribution >= 0.6 is 0 Å². The van der Waals surface area contributed by atoms with Crippen molar-refractivity contribution in [1.82, 2.24) is 0 Å². The maximum Gasteiger partial charge on any atom is 0.324 e. The van der Waals surface area contributed by atoms with Crippen molar-refractivity contribution in [2.24, 2.45) is 5.92 Å². The molecule has 0 saturated carbocycles. The van der Waals surface area contributed by atoms with Crippen LogP contribution in [0.15, 0.2) is 24.3 Å². The number of esters is 1. The third-order valence-electron chi connectivity index (χ3n) is 2.31. The average molecular weight is 232 g/mol. The fraction of sp³-hybridized carbons (Fsp3) is 0.250. The molecule has 0 N–H and O–H groups in total. The molecule has 0 heterocycles. The van der Waals surface area contributed by atoms with E-state index in [1.165, 1.54) is 24.3 Å². The highest BCUT2D eigenvalue weighted by Crippen LogP contribution is 2.26. The van der Waals surface area contributed by atoms with Gasteiger partial charge in [-0.25, -0.2) is 4.39 Å². The van der Waals surface area contributed by atoms with Gasteiger partial charge in [-0.15, -0.1) is 0 Å². The highest BCUT2D eigenvalue weighted by Gasteiger charge is 2.32. The molecule has 0 aliphatic rings. The first-order chi connectivity index (χ1) is 8.15. The van der Waals surface area contributed by atoms with E-state index in [0.717, 1.165) is 7.11 Å². The molecule has 17 heavy (non-hydrogen) atoms. The predicted molar refractivity (Wildman–Crippen MR) is 55.9 cm³/mol. The Hall–Kier alpha value is -2.40. The van der Waals surface area contributed by atoms with Gasteiger partial charge in [0.25, 0.3) is 0 Å². The van der Waals surface area contributed by atoms with E-state index in [0.29, 0.717) is 0 Å². The zero-order valence-electron chi connectivity index (χ0n) is 9.05. The number of nitriles is 2. The number of halogens is 1. The fourth-order valence-electron chi connectivity index (χ4n) is 1.44. The number of methoxy groups -OCH3 is 1. The fourth-order valence-corrected chi connectivity index (χ4v) is 1.44. The van der Waals surface area contributed by atoms with Gasteiger partial charge in [-0.1, -0.05) is 18.2 Å². The lowest BCUT2D eigenvalue weighted by Crippen LogP contribution is -2.22. The second-order valence-electron chi connectivity index (χ2n) is 3.26. The van der Waals surface area contributed by atoms with E-state index in [2.05, 4.69) is 4.74 Å². The first-order valence-corrected chi connectivity index (χ1v) is 4.77. The van der Waals surface area contributed by atoms with Crippen molar-refractivity contribution in [2.75, 3.05) is 7.11 Å². The third kappa shape index (κ3) is 2.59. The Labute approximate surface area is 97.8 Å². The summed E-state index contributed by atoms with van der Waals surface area (Å²) in [5.41, 5.74) is 0.0203. The molecular weight excluding hydrogens is 223 g/mol. The van der Waals surface area contributed by atoms with Crippen molar-refractivity contribution < 1.29 is 13.9 Å². The molecule has 0 saturated heterocycles. The number of hydrogen-bond acceptors (Lipinski definition) is 4. The van der Waals surface area contributed by atoms with E-state index in [1.807, 2.05) is 0 Å². The normalized spacial score (nSPS) is 12.9. The molecule has 1 aromatic carbocycles. The van der Waals surface area contributed by atoms with E-state index in [1.54, 1.807) is 12.1 Å². The maximum absolute atomic E-state index is 13.5. The average Bonchev–Trinajstić information content (AvgIpc) is 2.36. The molecule has 0 aliphatic carbocycles. The van der Waals surface area contributed by atoms with Gasteiger partial charge in [-0.3, -0.25) is 4.79 Å². The van der Waals surface area contributed by atoms with Gasteiger partial charge in [-0.2, -0.15) is 10.5 Å². The molecule has 1 rings (SSSR count). The summed E-state index contributed by atoms with van der Waals surface area (Å²) in [4.78, 5) is 11.3. The van der Waals surface area contributed by atoms with Gasteiger partial charge >= 0.3 is 5.97 Å². The molecule has 86 valence electrons. The molecule has 0 aromatic heterocycles. The number of ether oxygens (including phenoxy) is 1. The van der Waals surface area contributed by atoms with Gasteiger partial charge in [0.2, 0.25) is 0 Å². The molecule has 0 aliphatic heterocycles. The van der Waals surface area contributed by atoms with Gasteiger partial charge < -0.3 is 4.74 Å². The van der Waals surface area contributed by atoms with Crippen LogP contribution in [0.1, 0.15) is 11.5 Å². The van der Waals surface area contributed by atoms with E-state index in [9.17, 15) is 9.18 Å². The number of carbonyl (C=O) groups is 1. The highest BCUT2D eigenvalue weighted by molar-refractivity contribution is 5.77.